The van der Waals surface area contributed by atoms with E-state index in [0.717, 1.165) is 18.9 Å². The number of rotatable bonds is 12. The van der Waals surface area contributed by atoms with Gasteiger partial charge in [-0.05, 0) is 12.5 Å². The molecule has 21 heavy (non-hydrogen) atoms. The number of primary amides is 1. The molecule has 0 spiro atoms. The van der Waals surface area contributed by atoms with E-state index in [2.05, 4.69) is 19.2 Å². The van der Waals surface area contributed by atoms with Crippen LogP contribution in [-0.2, 0) is 14.9 Å². The first-order chi connectivity index (χ1) is 9.83. The van der Waals surface area contributed by atoms with Gasteiger partial charge in [-0.1, -0.05) is 71.3 Å². The first-order valence-electron chi connectivity index (χ1n) is 7.70. The second-order valence-electron chi connectivity index (χ2n) is 5.07. The predicted octanol–water partition coefficient (Wildman–Crippen LogP) is 3.45. The molecule has 0 rings (SSSR count). The Balaban J connectivity index is 0. The van der Waals surface area contributed by atoms with Crippen LogP contribution in [0.5, 0.6) is 0 Å². The number of nitrogens with two attached hydrogens (primary N) is 1. The van der Waals surface area contributed by atoms with E-state index in [4.69, 9.17) is 4.55 Å². The molecule has 0 atom stereocenters. The van der Waals surface area contributed by atoms with E-state index in [1.54, 1.807) is 0 Å². The minimum absolute atomic E-state index is 0.0799. The summed E-state index contributed by atoms with van der Waals surface area (Å²) in [5.74, 6) is -0.561. The summed E-state index contributed by atoms with van der Waals surface area (Å²) in [4.78, 5) is 9.47. The van der Waals surface area contributed by atoms with Gasteiger partial charge in [-0.2, -0.15) is 8.42 Å². The van der Waals surface area contributed by atoms with Gasteiger partial charge in [0.1, 0.15) is 0 Å². The average Bonchev–Trinajstić information content (AvgIpc) is 2.40. The quantitative estimate of drug-likeness (QED) is 0.327. The second-order valence-corrected chi connectivity index (χ2v) is 6.65. The van der Waals surface area contributed by atoms with Crippen molar-refractivity contribution in [3.05, 3.63) is 12.7 Å². The van der Waals surface area contributed by atoms with Crippen LogP contribution in [-0.4, -0.2) is 24.6 Å². The summed E-state index contributed by atoms with van der Waals surface area (Å²) in [6, 6.07) is 0. The summed E-state index contributed by atoms with van der Waals surface area (Å²) in [6.07, 6.45) is 12.7. The maximum atomic E-state index is 10.4. The lowest BCUT2D eigenvalue weighted by Crippen LogP contribution is -2.04. The number of amides is 1. The molecule has 0 unspecified atom stereocenters. The summed E-state index contributed by atoms with van der Waals surface area (Å²) in [6.45, 7) is 5.30. The third-order valence-corrected chi connectivity index (χ3v) is 3.76. The standard InChI is InChI=1S/C12H26O3S.C3H5NO/c1-2-3-4-5-6-7-8-9-10-11-12-16(13,14)15;1-2-3(4)5/h2-12H2,1H3,(H,13,14,15);2H,1H2,(H2,4,5). The lowest BCUT2D eigenvalue weighted by Gasteiger charge is -2.01. The van der Waals surface area contributed by atoms with Gasteiger partial charge in [0.15, 0.2) is 0 Å². The van der Waals surface area contributed by atoms with E-state index < -0.39 is 16.0 Å². The SMILES string of the molecule is C=CC(N)=O.CCCCCCCCCCCCS(=O)(=O)O. The highest BCUT2D eigenvalue weighted by atomic mass is 32.2. The normalized spacial score (nSPS) is 10.6. The summed E-state index contributed by atoms with van der Waals surface area (Å²) in [5.41, 5.74) is 4.53. The molecular formula is C15H31NO4S. The monoisotopic (exact) mass is 321 g/mol. The molecule has 1 amide bonds. The fraction of sp³-hybridized carbons (Fsp3) is 0.800. The molecule has 0 aliphatic heterocycles. The topological polar surface area (TPSA) is 97.5 Å². The van der Waals surface area contributed by atoms with Crippen molar-refractivity contribution in [3.8, 4) is 0 Å². The molecule has 0 saturated carbocycles. The fourth-order valence-corrected chi connectivity index (χ4v) is 2.34. The van der Waals surface area contributed by atoms with Crippen molar-refractivity contribution in [3.63, 3.8) is 0 Å². The molecule has 0 aliphatic rings. The summed E-state index contributed by atoms with van der Waals surface area (Å²) >= 11 is 0. The van der Waals surface area contributed by atoms with Gasteiger partial charge in [-0.3, -0.25) is 9.35 Å². The van der Waals surface area contributed by atoms with Crippen molar-refractivity contribution in [2.75, 3.05) is 5.75 Å². The van der Waals surface area contributed by atoms with Gasteiger partial charge in [-0.15, -0.1) is 0 Å². The minimum atomic E-state index is -3.73. The first kappa shape index (κ1) is 22.4. The Morgan fingerprint density at radius 1 is 1.00 bits per heavy atom. The number of hydrogen-bond acceptors (Lipinski definition) is 3. The zero-order valence-corrected chi connectivity index (χ0v) is 14.0. The second kappa shape index (κ2) is 15.5. The molecule has 0 radical (unpaired) electrons. The summed E-state index contributed by atoms with van der Waals surface area (Å²) < 4.78 is 29.4. The van der Waals surface area contributed by atoms with Crippen molar-refractivity contribution in [2.24, 2.45) is 5.73 Å². The highest BCUT2D eigenvalue weighted by molar-refractivity contribution is 7.85. The van der Waals surface area contributed by atoms with Gasteiger partial charge >= 0.3 is 0 Å². The first-order valence-corrected chi connectivity index (χ1v) is 9.31. The number of carbonyl (C=O) groups excluding carboxylic acids is 1. The molecule has 0 aromatic carbocycles. The zero-order chi connectivity index (χ0) is 16.6. The predicted molar refractivity (Wildman–Crippen MR) is 87.7 cm³/mol. The number of unbranched alkanes of at least 4 members (excludes halogenated alkanes) is 9. The molecule has 126 valence electrons. The summed E-state index contributed by atoms with van der Waals surface area (Å²) in [7, 11) is -3.73. The Labute approximate surface area is 129 Å². The van der Waals surface area contributed by atoms with Crippen molar-refractivity contribution in [1.29, 1.82) is 0 Å². The van der Waals surface area contributed by atoms with E-state index in [9.17, 15) is 13.2 Å². The molecule has 0 bridgehead atoms. The van der Waals surface area contributed by atoms with Gasteiger partial charge in [0.2, 0.25) is 5.91 Å². The van der Waals surface area contributed by atoms with Crippen LogP contribution < -0.4 is 5.73 Å². The van der Waals surface area contributed by atoms with Crippen LogP contribution >= 0.6 is 0 Å². The van der Waals surface area contributed by atoms with Gasteiger partial charge in [0, 0.05) is 0 Å². The van der Waals surface area contributed by atoms with Crippen LogP contribution in [0.25, 0.3) is 0 Å². The lowest BCUT2D eigenvalue weighted by atomic mass is 10.1. The third kappa shape index (κ3) is 28.1. The average molecular weight is 321 g/mol. The van der Waals surface area contributed by atoms with Crippen LogP contribution in [0.3, 0.4) is 0 Å². The Kier molecular flexibility index (Phi) is 16.5. The Hall–Kier alpha value is -0.880. The van der Waals surface area contributed by atoms with Crippen molar-refractivity contribution in [2.45, 2.75) is 71.1 Å². The molecule has 0 saturated heterocycles. The third-order valence-electron chi connectivity index (χ3n) is 2.96. The van der Waals surface area contributed by atoms with Gasteiger partial charge < -0.3 is 5.73 Å². The largest absolute Gasteiger partial charge is 0.366 e. The van der Waals surface area contributed by atoms with Gasteiger partial charge in [0.05, 0.1) is 5.75 Å². The maximum absolute atomic E-state index is 10.4. The maximum Gasteiger partial charge on any atom is 0.264 e. The van der Waals surface area contributed by atoms with Crippen molar-refractivity contribution in [1.82, 2.24) is 0 Å². The molecule has 0 aromatic rings. The molecule has 3 N–H and O–H groups in total. The van der Waals surface area contributed by atoms with Crippen LogP contribution in [0, 0.1) is 0 Å². The smallest absolute Gasteiger partial charge is 0.264 e. The fourth-order valence-electron chi connectivity index (χ4n) is 1.77. The highest BCUT2D eigenvalue weighted by Crippen LogP contribution is 2.10. The summed E-state index contributed by atoms with van der Waals surface area (Å²) in [5, 5.41) is 0. The van der Waals surface area contributed by atoms with Gasteiger partial charge in [0.25, 0.3) is 10.1 Å². The lowest BCUT2D eigenvalue weighted by molar-refractivity contribution is -0.113. The van der Waals surface area contributed by atoms with Crippen LogP contribution in [0.4, 0.5) is 0 Å². The van der Waals surface area contributed by atoms with Crippen LogP contribution in [0.1, 0.15) is 71.1 Å². The molecular weight excluding hydrogens is 290 g/mol. The Morgan fingerprint density at radius 3 is 1.62 bits per heavy atom. The minimum Gasteiger partial charge on any atom is -0.366 e. The zero-order valence-electron chi connectivity index (χ0n) is 13.2. The van der Waals surface area contributed by atoms with E-state index in [1.807, 2.05) is 0 Å². The van der Waals surface area contributed by atoms with Crippen LogP contribution in [0.15, 0.2) is 12.7 Å². The number of carbonyl (C=O) groups is 1. The molecule has 5 nitrogen and oxygen atoms in total. The van der Waals surface area contributed by atoms with E-state index >= 15 is 0 Å². The molecule has 0 aromatic heterocycles. The molecule has 6 heteroatoms. The Bertz CT molecular complexity index is 353. The Morgan fingerprint density at radius 2 is 1.33 bits per heavy atom. The molecule has 0 fully saturated rings. The molecule has 0 heterocycles. The highest BCUT2D eigenvalue weighted by Gasteiger charge is 2.02. The van der Waals surface area contributed by atoms with Gasteiger partial charge in [-0.25, -0.2) is 0 Å². The van der Waals surface area contributed by atoms with Crippen molar-refractivity contribution < 1.29 is 17.8 Å². The van der Waals surface area contributed by atoms with E-state index in [-0.39, 0.29) is 5.75 Å². The number of hydrogen-bond donors (Lipinski definition) is 2. The van der Waals surface area contributed by atoms with E-state index in [1.165, 1.54) is 44.9 Å². The molecule has 0 aliphatic carbocycles. The van der Waals surface area contributed by atoms with E-state index in [0.29, 0.717) is 6.42 Å². The van der Waals surface area contributed by atoms with Crippen LogP contribution in [0.2, 0.25) is 0 Å². The van der Waals surface area contributed by atoms with Crippen molar-refractivity contribution >= 4 is 16.0 Å².